The Morgan fingerprint density at radius 3 is 0.774 bits per heavy atom. The number of hydrogen-bond acceptors (Lipinski definition) is 10. The van der Waals surface area contributed by atoms with Gasteiger partial charge in [0.2, 0.25) is 0 Å². The lowest BCUT2D eigenvalue weighted by molar-refractivity contribution is -0.141. The fourth-order valence-corrected chi connectivity index (χ4v) is 4.89. The van der Waals surface area contributed by atoms with Crippen LogP contribution in [0.2, 0.25) is 0 Å². The third-order valence-corrected chi connectivity index (χ3v) is 7.30. The zero-order chi connectivity index (χ0) is 40.9. The molecule has 0 fully saturated rings. The molecule has 0 radical (unpaired) electrons. The Kier molecular flexibility index (Phi) is 11.6. The van der Waals surface area contributed by atoms with Crippen molar-refractivity contribution in [3.05, 3.63) is 88.0 Å². The van der Waals surface area contributed by atoms with E-state index in [1.165, 1.54) is 0 Å². The summed E-state index contributed by atoms with van der Waals surface area (Å²) in [6, 6.07) is -2.79. The van der Waals surface area contributed by atoms with Crippen LogP contribution in [-0.2, 0) is 55.5 Å². The summed E-state index contributed by atoms with van der Waals surface area (Å²) in [5, 5.41) is -3.23. The molecule has 0 heterocycles. The molecule has 0 aromatic heterocycles. The van der Waals surface area contributed by atoms with Crippen molar-refractivity contribution in [3.8, 4) is 0 Å². The van der Waals surface area contributed by atoms with E-state index in [1.807, 2.05) is 0 Å². The third kappa shape index (κ3) is 10.5. The number of hydrogen-bond donors (Lipinski definition) is 3. The van der Waals surface area contributed by atoms with Crippen LogP contribution < -0.4 is 33.0 Å². The van der Waals surface area contributed by atoms with E-state index in [-0.39, 0.29) is 36.4 Å². The number of nitrogens with zero attached hydrogens (tertiary/aromatic N) is 3. The van der Waals surface area contributed by atoms with Crippen LogP contribution in [0.5, 0.6) is 0 Å². The lowest BCUT2D eigenvalue weighted by atomic mass is 10.1. The van der Waals surface area contributed by atoms with Crippen molar-refractivity contribution in [2.75, 3.05) is 15.5 Å². The first-order valence-corrected chi connectivity index (χ1v) is 14.3. The van der Waals surface area contributed by atoms with Crippen LogP contribution in [0.1, 0.15) is 33.4 Å². The van der Waals surface area contributed by atoms with E-state index in [0.29, 0.717) is 0 Å². The van der Waals surface area contributed by atoms with Crippen molar-refractivity contribution in [1.29, 1.82) is 0 Å². The molecular weight excluding hydrogens is 809 g/mol. The lowest BCUT2D eigenvalue weighted by Crippen LogP contribution is -2.40. The van der Waals surface area contributed by atoms with Gasteiger partial charge in [0, 0.05) is 0 Å². The quantitative estimate of drug-likeness (QED) is 0.0831. The molecule has 53 heavy (non-hydrogen) atoms. The third-order valence-electron chi connectivity index (χ3n) is 6.17. The molecule has 0 atom stereocenters. The van der Waals surface area contributed by atoms with Crippen LogP contribution in [-0.4, -0.2) is 0 Å². The number of halogens is 18. The topological polar surface area (TPSA) is 133 Å². The fourth-order valence-electron chi connectivity index (χ4n) is 3.89. The second-order valence-corrected chi connectivity index (χ2v) is 11.2. The van der Waals surface area contributed by atoms with Gasteiger partial charge in [-0.25, -0.2) is 22.1 Å². The van der Waals surface area contributed by atoms with Crippen molar-refractivity contribution >= 4 is 24.9 Å². The standard InChI is InChI=1S/C24H15F18N6O4P/c25-19(26,27)10-1-4-13(22(34,35)36)16(7-10)46(43)50-53(49,51-47(44)17-8-11(20(28,29)30)2-5-14(17)23(37,38)39)52-48(45)18-9-12(21(31,32)33)3-6-15(18)24(40,41)42/h1-9H,43-45H2. The van der Waals surface area contributed by atoms with Gasteiger partial charge in [0.05, 0.1) is 50.4 Å². The maximum Gasteiger partial charge on any atom is 0.543 e. The van der Waals surface area contributed by atoms with Crippen LogP contribution in [0.15, 0.2) is 54.6 Å². The Hall–Kier alpha value is -4.21. The number of anilines is 3. The van der Waals surface area contributed by atoms with Gasteiger partial charge in [0.15, 0.2) is 0 Å². The minimum Gasteiger partial charge on any atom is -0.222 e. The van der Waals surface area contributed by atoms with Crippen LogP contribution in [0, 0.1) is 0 Å². The zero-order valence-electron chi connectivity index (χ0n) is 24.7. The van der Waals surface area contributed by atoms with Gasteiger partial charge in [-0.05, 0) is 54.6 Å². The molecule has 0 saturated heterocycles. The summed E-state index contributed by atoms with van der Waals surface area (Å²) < 4.78 is 270. The van der Waals surface area contributed by atoms with Gasteiger partial charge in [0.1, 0.15) is 0 Å². The number of phosphoric acid groups is 1. The fraction of sp³-hybridized carbons (Fsp3) is 0.250. The van der Waals surface area contributed by atoms with Gasteiger partial charge in [-0.3, -0.25) is 0 Å². The molecule has 29 heteroatoms. The van der Waals surface area contributed by atoms with Crippen LogP contribution in [0.4, 0.5) is 96.1 Å². The minimum absolute atomic E-state index is 0.172. The monoisotopic (exact) mass is 824 g/mol. The summed E-state index contributed by atoms with van der Waals surface area (Å²) in [5.41, 5.74) is -18.5. The first-order chi connectivity index (χ1) is 23.6. The van der Waals surface area contributed by atoms with Gasteiger partial charge < -0.3 is 0 Å². The van der Waals surface area contributed by atoms with Gasteiger partial charge in [-0.15, -0.1) is 13.9 Å². The molecule has 3 rings (SSSR count). The highest BCUT2D eigenvalue weighted by atomic mass is 31.2. The molecule has 0 unspecified atom stereocenters. The number of rotatable bonds is 9. The normalized spacial score (nSPS) is 13.7. The maximum absolute atomic E-state index is 13.8. The zero-order valence-corrected chi connectivity index (χ0v) is 25.5. The SMILES string of the molecule is NN(OP(=O)(ON(N)c1cc(C(F)(F)F)ccc1C(F)(F)F)ON(N)c1cc(C(F)(F)F)ccc1C(F)(F)F)c1cc(C(F)(F)F)ccc1C(F)(F)F. The van der Waals surface area contributed by atoms with Crippen molar-refractivity contribution in [1.82, 2.24) is 0 Å². The summed E-state index contributed by atoms with van der Waals surface area (Å²) in [7, 11) is -6.81. The Balaban J connectivity index is 2.28. The summed E-state index contributed by atoms with van der Waals surface area (Å²) >= 11 is 0. The summed E-state index contributed by atoms with van der Waals surface area (Å²) in [6.45, 7) is 0. The molecule has 6 N–H and O–H groups in total. The van der Waals surface area contributed by atoms with Crippen molar-refractivity contribution < 1.29 is 97.5 Å². The predicted molar refractivity (Wildman–Crippen MR) is 140 cm³/mol. The van der Waals surface area contributed by atoms with Gasteiger partial charge >= 0.3 is 44.9 Å². The van der Waals surface area contributed by atoms with Crippen molar-refractivity contribution in [2.24, 2.45) is 17.5 Å². The highest BCUT2D eigenvalue weighted by molar-refractivity contribution is 7.48. The Morgan fingerprint density at radius 1 is 0.396 bits per heavy atom. The molecule has 3 aromatic carbocycles. The van der Waals surface area contributed by atoms with E-state index in [9.17, 15) is 83.6 Å². The van der Waals surface area contributed by atoms with Gasteiger partial charge in [0.25, 0.3) is 0 Å². The number of alkyl halides is 18. The van der Waals surface area contributed by atoms with E-state index in [4.69, 9.17) is 17.5 Å². The average molecular weight is 824 g/mol. The summed E-state index contributed by atoms with van der Waals surface area (Å²) in [4.78, 5) is 0. The van der Waals surface area contributed by atoms with Gasteiger partial charge in [-0.1, -0.05) is 0 Å². The molecule has 0 aliphatic rings. The molecule has 0 saturated carbocycles. The Labute approximate surface area is 281 Å². The molecule has 296 valence electrons. The highest BCUT2D eigenvalue weighted by Gasteiger charge is 2.46. The molecule has 10 nitrogen and oxygen atoms in total. The first-order valence-electron chi connectivity index (χ1n) is 12.8. The van der Waals surface area contributed by atoms with Crippen LogP contribution >= 0.6 is 7.82 Å². The first kappa shape index (κ1) is 43.2. The van der Waals surface area contributed by atoms with E-state index < -0.39 is 129 Å². The van der Waals surface area contributed by atoms with E-state index in [2.05, 4.69) is 13.9 Å². The highest BCUT2D eigenvalue weighted by Crippen LogP contribution is 2.55. The van der Waals surface area contributed by atoms with Gasteiger partial charge in [-0.2, -0.15) is 94.5 Å². The summed E-state index contributed by atoms with van der Waals surface area (Å²) in [5.74, 6) is 15.6. The Morgan fingerprint density at radius 2 is 0.604 bits per heavy atom. The number of nitrogens with two attached hydrogens (primary N) is 3. The van der Waals surface area contributed by atoms with Crippen molar-refractivity contribution in [3.63, 3.8) is 0 Å². The number of benzene rings is 3. The summed E-state index contributed by atoms with van der Waals surface area (Å²) in [6.07, 6.45) is -33.5. The van der Waals surface area contributed by atoms with Crippen LogP contribution in [0.3, 0.4) is 0 Å². The smallest absolute Gasteiger partial charge is 0.222 e. The molecule has 0 aliphatic heterocycles. The molecule has 0 aliphatic carbocycles. The maximum atomic E-state index is 13.8. The molecular formula is C24H15F18N6O4P. The van der Waals surface area contributed by atoms with E-state index in [1.54, 1.807) is 0 Å². The molecule has 0 amide bonds. The minimum atomic E-state index is -6.81. The van der Waals surface area contributed by atoms with E-state index >= 15 is 0 Å². The molecule has 0 spiro atoms. The van der Waals surface area contributed by atoms with E-state index in [0.717, 1.165) is 0 Å². The number of hydrazine groups is 3. The van der Waals surface area contributed by atoms with Crippen LogP contribution in [0.25, 0.3) is 0 Å². The van der Waals surface area contributed by atoms with Crippen molar-refractivity contribution in [2.45, 2.75) is 37.1 Å². The Bertz CT molecular complexity index is 1630. The molecule has 3 aromatic rings. The lowest BCUT2D eigenvalue weighted by Gasteiger charge is -2.31. The average Bonchev–Trinajstić information content (AvgIpc) is 2.97. The largest absolute Gasteiger partial charge is 0.543 e. The molecule has 0 bridgehead atoms. The predicted octanol–water partition coefficient (Wildman–Crippen LogP) is 9.14. The second-order valence-electron chi connectivity index (χ2n) is 9.85. The second kappa shape index (κ2) is 14.2.